The summed E-state index contributed by atoms with van der Waals surface area (Å²) in [5.74, 6) is 0. The second-order valence-electron chi connectivity index (χ2n) is 4.15. The molecule has 1 saturated carbocycles. The van der Waals surface area contributed by atoms with Crippen LogP contribution in [0.3, 0.4) is 0 Å². The maximum Gasteiger partial charge on any atom is 0.0752 e. The lowest BCUT2D eigenvalue weighted by Crippen LogP contribution is -2.31. The van der Waals surface area contributed by atoms with Crippen molar-refractivity contribution in [3.8, 4) is 0 Å². The molecular weight excluding hydrogens is 190 g/mol. The minimum Gasteiger partial charge on any atom is -0.372 e. The minimum atomic E-state index is 0.228. The summed E-state index contributed by atoms with van der Waals surface area (Å²) in [5, 5.41) is 4.20. The summed E-state index contributed by atoms with van der Waals surface area (Å²) in [4.78, 5) is 0. The molecule has 4 heteroatoms. The second-order valence-corrected chi connectivity index (χ2v) is 4.15. The molecule has 84 valence electrons. The molecular formula is C11H19N3O. The molecule has 1 aliphatic rings. The molecule has 0 aliphatic heterocycles. The van der Waals surface area contributed by atoms with E-state index in [1.807, 2.05) is 17.1 Å². The first-order valence-corrected chi connectivity index (χ1v) is 5.68. The van der Waals surface area contributed by atoms with Crippen molar-refractivity contribution in [1.29, 1.82) is 0 Å². The van der Waals surface area contributed by atoms with E-state index in [4.69, 9.17) is 10.5 Å². The summed E-state index contributed by atoms with van der Waals surface area (Å²) in [6, 6.07) is 0.228. The third-order valence-electron chi connectivity index (χ3n) is 2.98. The van der Waals surface area contributed by atoms with Crippen LogP contribution in [0.5, 0.6) is 0 Å². The highest BCUT2D eigenvalue weighted by Crippen LogP contribution is 2.21. The molecule has 0 radical (unpaired) electrons. The van der Waals surface area contributed by atoms with Gasteiger partial charge in [-0.05, 0) is 26.2 Å². The third-order valence-corrected chi connectivity index (χ3v) is 2.98. The maximum atomic E-state index is 5.93. The van der Waals surface area contributed by atoms with E-state index in [9.17, 15) is 0 Å². The van der Waals surface area contributed by atoms with Gasteiger partial charge in [-0.2, -0.15) is 5.10 Å². The van der Waals surface area contributed by atoms with Gasteiger partial charge in [-0.3, -0.25) is 4.68 Å². The standard InChI is InChI=1S/C11H19N3O/c1-2-14-7-9(6-13-14)8-15-11-5-3-4-10(11)12/h6-7,10-11H,2-5,8,12H2,1H3. The number of aromatic nitrogens is 2. The molecule has 1 heterocycles. The predicted molar refractivity (Wildman–Crippen MR) is 58.3 cm³/mol. The lowest BCUT2D eigenvalue weighted by atomic mass is 10.2. The van der Waals surface area contributed by atoms with Gasteiger partial charge < -0.3 is 10.5 Å². The third kappa shape index (κ3) is 2.58. The molecule has 0 spiro atoms. The first-order valence-electron chi connectivity index (χ1n) is 5.68. The summed E-state index contributed by atoms with van der Waals surface area (Å²) in [7, 11) is 0. The fourth-order valence-electron chi connectivity index (χ4n) is 2.02. The lowest BCUT2D eigenvalue weighted by molar-refractivity contribution is 0.0357. The molecule has 2 rings (SSSR count). The topological polar surface area (TPSA) is 53.1 Å². The quantitative estimate of drug-likeness (QED) is 0.813. The number of nitrogens with zero attached hydrogens (tertiary/aromatic N) is 2. The summed E-state index contributed by atoms with van der Waals surface area (Å²) in [6.07, 6.45) is 7.53. The Morgan fingerprint density at radius 3 is 3.07 bits per heavy atom. The Morgan fingerprint density at radius 1 is 1.60 bits per heavy atom. The van der Waals surface area contributed by atoms with Gasteiger partial charge in [0.15, 0.2) is 0 Å². The van der Waals surface area contributed by atoms with Crippen molar-refractivity contribution in [1.82, 2.24) is 9.78 Å². The first kappa shape index (κ1) is 10.6. The predicted octanol–water partition coefficient (Wildman–Crippen LogP) is 1.30. The fourth-order valence-corrected chi connectivity index (χ4v) is 2.02. The van der Waals surface area contributed by atoms with Crippen LogP contribution >= 0.6 is 0 Å². The zero-order valence-corrected chi connectivity index (χ0v) is 9.22. The van der Waals surface area contributed by atoms with Crippen molar-refractivity contribution in [2.24, 2.45) is 5.73 Å². The van der Waals surface area contributed by atoms with Gasteiger partial charge >= 0.3 is 0 Å². The Balaban J connectivity index is 1.82. The molecule has 0 saturated heterocycles. The van der Waals surface area contributed by atoms with Crippen molar-refractivity contribution < 1.29 is 4.74 Å². The van der Waals surface area contributed by atoms with Crippen LogP contribution in [0.15, 0.2) is 12.4 Å². The molecule has 15 heavy (non-hydrogen) atoms. The molecule has 1 fully saturated rings. The molecule has 0 bridgehead atoms. The van der Waals surface area contributed by atoms with E-state index in [-0.39, 0.29) is 12.1 Å². The van der Waals surface area contributed by atoms with Crippen molar-refractivity contribution in [3.05, 3.63) is 18.0 Å². The zero-order chi connectivity index (χ0) is 10.7. The van der Waals surface area contributed by atoms with Crippen molar-refractivity contribution in [3.63, 3.8) is 0 Å². The van der Waals surface area contributed by atoms with Crippen LogP contribution in [-0.4, -0.2) is 21.9 Å². The summed E-state index contributed by atoms with van der Waals surface area (Å²) < 4.78 is 7.69. The van der Waals surface area contributed by atoms with Gasteiger partial charge in [-0.25, -0.2) is 0 Å². The number of aryl methyl sites for hydroxylation is 1. The number of ether oxygens (including phenoxy) is 1. The van der Waals surface area contributed by atoms with Crippen molar-refractivity contribution >= 4 is 0 Å². The van der Waals surface area contributed by atoms with Crippen LogP contribution in [0.2, 0.25) is 0 Å². The van der Waals surface area contributed by atoms with Gasteiger partial charge in [0, 0.05) is 24.3 Å². The molecule has 4 nitrogen and oxygen atoms in total. The number of nitrogens with two attached hydrogens (primary N) is 1. The Bertz CT molecular complexity index is 311. The normalized spacial score (nSPS) is 26.0. The molecule has 2 atom stereocenters. The van der Waals surface area contributed by atoms with Gasteiger partial charge in [-0.15, -0.1) is 0 Å². The van der Waals surface area contributed by atoms with Crippen LogP contribution in [0.4, 0.5) is 0 Å². The maximum absolute atomic E-state index is 5.93. The van der Waals surface area contributed by atoms with E-state index < -0.39 is 0 Å². The average molecular weight is 209 g/mol. The second kappa shape index (κ2) is 4.77. The summed E-state index contributed by atoms with van der Waals surface area (Å²) in [5.41, 5.74) is 7.06. The number of rotatable bonds is 4. The van der Waals surface area contributed by atoms with E-state index in [1.165, 1.54) is 6.42 Å². The highest BCUT2D eigenvalue weighted by atomic mass is 16.5. The average Bonchev–Trinajstić information content (AvgIpc) is 2.84. The largest absolute Gasteiger partial charge is 0.372 e. The Hall–Kier alpha value is -0.870. The van der Waals surface area contributed by atoms with Gasteiger partial charge in [-0.1, -0.05) is 0 Å². The smallest absolute Gasteiger partial charge is 0.0752 e. The molecule has 2 N–H and O–H groups in total. The van der Waals surface area contributed by atoms with Crippen LogP contribution in [0.1, 0.15) is 31.7 Å². The molecule has 0 amide bonds. The van der Waals surface area contributed by atoms with Gasteiger partial charge in [0.25, 0.3) is 0 Å². The highest BCUT2D eigenvalue weighted by Gasteiger charge is 2.24. The number of hydrogen-bond acceptors (Lipinski definition) is 3. The summed E-state index contributed by atoms with van der Waals surface area (Å²) in [6.45, 7) is 3.62. The van der Waals surface area contributed by atoms with Crippen LogP contribution < -0.4 is 5.73 Å². The van der Waals surface area contributed by atoms with E-state index in [2.05, 4.69) is 12.0 Å². The first-order chi connectivity index (χ1) is 7.29. The molecule has 1 aliphatic carbocycles. The Kier molecular flexibility index (Phi) is 3.38. The fraction of sp³-hybridized carbons (Fsp3) is 0.727. The monoisotopic (exact) mass is 209 g/mol. The Morgan fingerprint density at radius 2 is 2.47 bits per heavy atom. The van der Waals surface area contributed by atoms with E-state index in [0.717, 1.165) is 24.9 Å². The lowest BCUT2D eigenvalue weighted by Gasteiger charge is -2.15. The van der Waals surface area contributed by atoms with Crippen molar-refractivity contribution in [2.45, 2.75) is 51.5 Å². The van der Waals surface area contributed by atoms with E-state index >= 15 is 0 Å². The molecule has 1 aromatic rings. The number of hydrogen-bond donors (Lipinski definition) is 1. The van der Waals surface area contributed by atoms with Crippen LogP contribution in [0, 0.1) is 0 Å². The van der Waals surface area contributed by atoms with Crippen LogP contribution in [0.25, 0.3) is 0 Å². The molecule has 2 unspecified atom stereocenters. The van der Waals surface area contributed by atoms with Gasteiger partial charge in [0.2, 0.25) is 0 Å². The van der Waals surface area contributed by atoms with E-state index in [0.29, 0.717) is 6.61 Å². The molecule has 0 aromatic carbocycles. The highest BCUT2D eigenvalue weighted by molar-refractivity contribution is 5.02. The minimum absolute atomic E-state index is 0.228. The Labute approximate surface area is 90.4 Å². The summed E-state index contributed by atoms with van der Waals surface area (Å²) >= 11 is 0. The van der Waals surface area contributed by atoms with E-state index in [1.54, 1.807) is 0 Å². The molecule has 1 aromatic heterocycles. The van der Waals surface area contributed by atoms with Crippen molar-refractivity contribution in [2.75, 3.05) is 0 Å². The van der Waals surface area contributed by atoms with Gasteiger partial charge in [0.1, 0.15) is 0 Å². The zero-order valence-electron chi connectivity index (χ0n) is 9.22. The van der Waals surface area contributed by atoms with Crippen LogP contribution in [-0.2, 0) is 17.9 Å². The SMILES string of the molecule is CCn1cc(COC2CCCC2N)cn1. The van der Waals surface area contributed by atoms with Gasteiger partial charge in [0.05, 0.1) is 18.9 Å².